The second kappa shape index (κ2) is 6.38. The molecule has 0 bridgehead atoms. The molecule has 8 nitrogen and oxygen atoms in total. The van der Waals surface area contributed by atoms with Crippen LogP contribution in [0.5, 0.6) is 0 Å². The normalized spacial score (nSPS) is 17.1. The maximum Gasteiger partial charge on any atom is 0.326 e. The lowest BCUT2D eigenvalue weighted by molar-refractivity contribution is -0.389. The fraction of sp³-hybridized carbons (Fsp3) is 0.538. The predicted octanol–water partition coefficient (Wildman–Crippen LogP) is 1.69. The highest BCUT2D eigenvalue weighted by Gasteiger charge is 2.31. The van der Waals surface area contributed by atoms with E-state index >= 15 is 0 Å². The largest absolute Gasteiger partial charge is 0.480 e. The third-order valence-corrected chi connectivity index (χ3v) is 3.79. The van der Waals surface area contributed by atoms with Crippen molar-refractivity contribution in [2.24, 2.45) is 5.92 Å². The summed E-state index contributed by atoms with van der Waals surface area (Å²) in [6.45, 7) is 0. The monoisotopic (exact) mass is 295 g/mol. The zero-order chi connectivity index (χ0) is 15.4. The van der Waals surface area contributed by atoms with E-state index in [1.54, 1.807) is 0 Å². The van der Waals surface area contributed by atoms with Gasteiger partial charge in [0.25, 0.3) is 5.91 Å². The smallest absolute Gasteiger partial charge is 0.326 e. The standard InChI is InChI=1S/C13H17N3O5/c17-12(9-6-7-10(14-9)16(20)21)15-11(13(18)19)8-4-2-1-3-5-8/h6-8,11,14H,1-5H2,(H,15,17)(H,18,19). The predicted molar refractivity (Wildman–Crippen MR) is 72.9 cm³/mol. The van der Waals surface area contributed by atoms with Crippen LogP contribution in [0.3, 0.4) is 0 Å². The van der Waals surface area contributed by atoms with Crippen LogP contribution < -0.4 is 5.32 Å². The van der Waals surface area contributed by atoms with E-state index in [2.05, 4.69) is 10.3 Å². The molecular formula is C13H17N3O5. The molecule has 1 atom stereocenters. The maximum atomic E-state index is 12.0. The molecule has 1 heterocycles. The summed E-state index contributed by atoms with van der Waals surface area (Å²) in [5.74, 6) is -2.10. The molecule has 8 heteroatoms. The molecule has 0 aromatic carbocycles. The molecule has 21 heavy (non-hydrogen) atoms. The Labute approximate surface area is 120 Å². The fourth-order valence-electron chi connectivity index (χ4n) is 2.69. The Morgan fingerprint density at radius 1 is 1.33 bits per heavy atom. The Morgan fingerprint density at radius 2 is 2.00 bits per heavy atom. The van der Waals surface area contributed by atoms with Crippen LogP contribution in [0.4, 0.5) is 5.82 Å². The summed E-state index contributed by atoms with van der Waals surface area (Å²) >= 11 is 0. The van der Waals surface area contributed by atoms with Crippen LogP contribution >= 0.6 is 0 Å². The fourth-order valence-corrected chi connectivity index (χ4v) is 2.69. The number of carbonyl (C=O) groups excluding carboxylic acids is 1. The molecule has 3 N–H and O–H groups in total. The van der Waals surface area contributed by atoms with Gasteiger partial charge in [0.2, 0.25) is 0 Å². The van der Waals surface area contributed by atoms with Gasteiger partial charge < -0.3 is 20.5 Å². The number of carboxylic acid groups (broad SMARTS) is 1. The van der Waals surface area contributed by atoms with E-state index < -0.39 is 22.8 Å². The second-order valence-corrected chi connectivity index (χ2v) is 5.20. The average Bonchev–Trinajstić information content (AvgIpc) is 2.95. The summed E-state index contributed by atoms with van der Waals surface area (Å²) in [5, 5.41) is 22.3. The third-order valence-electron chi connectivity index (χ3n) is 3.79. The van der Waals surface area contributed by atoms with Crippen molar-refractivity contribution in [2.45, 2.75) is 38.1 Å². The molecule has 0 saturated heterocycles. The zero-order valence-electron chi connectivity index (χ0n) is 11.4. The van der Waals surface area contributed by atoms with Gasteiger partial charge in [0.05, 0.1) is 0 Å². The van der Waals surface area contributed by atoms with Gasteiger partial charge >= 0.3 is 11.8 Å². The number of carboxylic acids is 1. The molecule has 1 fully saturated rings. The molecule has 0 aliphatic heterocycles. The first-order valence-electron chi connectivity index (χ1n) is 6.86. The van der Waals surface area contributed by atoms with E-state index in [1.165, 1.54) is 12.1 Å². The van der Waals surface area contributed by atoms with Gasteiger partial charge in [-0.15, -0.1) is 0 Å². The number of nitro groups is 1. The zero-order valence-corrected chi connectivity index (χ0v) is 11.4. The van der Waals surface area contributed by atoms with Gasteiger partial charge in [-0.25, -0.2) is 9.78 Å². The molecule has 1 saturated carbocycles. The molecule has 1 aliphatic carbocycles. The Kier molecular flexibility index (Phi) is 4.56. The first-order valence-corrected chi connectivity index (χ1v) is 6.86. The molecule has 2 rings (SSSR count). The van der Waals surface area contributed by atoms with Gasteiger partial charge in [0.15, 0.2) is 5.69 Å². The molecule has 1 aromatic rings. The SMILES string of the molecule is O=C(NC(C(=O)O)C1CCCCC1)c1ccc([N+](=O)[O-])[nH]1. The summed E-state index contributed by atoms with van der Waals surface area (Å²) in [4.78, 5) is 35.6. The number of nitrogens with zero attached hydrogens (tertiary/aromatic N) is 1. The number of aromatic nitrogens is 1. The molecular weight excluding hydrogens is 278 g/mol. The van der Waals surface area contributed by atoms with Crippen molar-refractivity contribution in [3.63, 3.8) is 0 Å². The number of H-pyrrole nitrogens is 1. The lowest BCUT2D eigenvalue weighted by Crippen LogP contribution is -2.46. The summed E-state index contributed by atoms with van der Waals surface area (Å²) < 4.78 is 0. The highest BCUT2D eigenvalue weighted by atomic mass is 16.6. The summed E-state index contributed by atoms with van der Waals surface area (Å²) in [5.41, 5.74) is -0.0104. The Balaban J connectivity index is 2.06. The van der Waals surface area contributed by atoms with Crippen molar-refractivity contribution in [1.82, 2.24) is 10.3 Å². The first kappa shape index (κ1) is 15.0. The van der Waals surface area contributed by atoms with Gasteiger partial charge in [-0.3, -0.25) is 4.79 Å². The minimum Gasteiger partial charge on any atom is -0.480 e. The highest BCUT2D eigenvalue weighted by Crippen LogP contribution is 2.26. The van der Waals surface area contributed by atoms with E-state index in [0.717, 1.165) is 32.1 Å². The topological polar surface area (TPSA) is 125 Å². The quantitative estimate of drug-likeness (QED) is 0.563. The van der Waals surface area contributed by atoms with Crippen molar-refractivity contribution in [1.29, 1.82) is 0 Å². The lowest BCUT2D eigenvalue weighted by atomic mass is 9.84. The number of nitrogens with one attached hydrogen (secondary N) is 2. The van der Waals surface area contributed by atoms with Crippen LogP contribution in [-0.4, -0.2) is 32.9 Å². The third kappa shape index (κ3) is 3.59. The molecule has 1 aliphatic rings. The molecule has 1 unspecified atom stereocenters. The van der Waals surface area contributed by atoms with Crippen LogP contribution in [0.2, 0.25) is 0 Å². The van der Waals surface area contributed by atoms with Crippen molar-refractivity contribution in [3.05, 3.63) is 27.9 Å². The molecule has 0 radical (unpaired) electrons. The number of carbonyl (C=O) groups is 2. The highest BCUT2D eigenvalue weighted by molar-refractivity contribution is 5.95. The van der Waals surface area contributed by atoms with Crippen LogP contribution in [0, 0.1) is 16.0 Å². The van der Waals surface area contributed by atoms with Gasteiger partial charge in [-0.1, -0.05) is 19.3 Å². The van der Waals surface area contributed by atoms with Gasteiger partial charge in [0.1, 0.15) is 6.04 Å². The lowest BCUT2D eigenvalue weighted by Gasteiger charge is -2.27. The summed E-state index contributed by atoms with van der Waals surface area (Å²) in [6, 6.07) is 1.48. The number of hydrogen-bond donors (Lipinski definition) is 3. The van der Waals surface area contributed by atoms with Crippen molar-refractivity contribution in [3.8, 4) is 0 Å². The number of hydrogen-bond acceptors (Lipinski definition) is 4. The average molecular weight is 295 g/mol. The van der Waals surface area contributed by atoms with Crippen LogP contribution in [-0.2, 0) is 4.79 Å². The molecule has 1 amide bonds. The van der Waals surface area contributed by atoms with Gasteiger partial charge in [0, 0.05) is 6.07 Å². The Bertz CT molecular complexity index is 548. The first-order chi connectivity index (χ1) is 9.99. The number of aliphatic carboxylic acids is 1. The van der Waals surface area contributed by atoms with Crippen molar-refractivity contribution in [2.75, 3.05) is 0 Å². The molecule has 114 valence electrons. The Hall–Kier alpha value is -2.38. The summed E-state index contributed by atoms with van der Waals surface area (Å²) in [7, 11) is 0. The van der Waals surface area contributed by atoms with Gasteiger partial charge in [-0.05, 0) is 29.7 Å². The van der Waals surface area contributed by atoms with Gasteiger partial charge in [-0.2, -0.15) is 0 Å². The van der Waals surface area contributed by atoms with Crippen molar-refractivity contribution >= 4 is 17.7 Å². The van der Waals surface area contributed by atoms with E-state index in [-0.39, 0.29) is 17.4 Å². The Morgan fingerprint density at radius 3 is 2.52 bits per heavy atom. The molecule has 0 spiro atoms. The minimum atomic E-state index is -1.07. The molecule has 1 aromatic heterocycles. The minimum absolute atomic E-state index is 0.0104. The van der Waals surface area contributed by atoms with Crippen LogP contribution in [0.15, 0.2) is 12.1 Å². The van der Waals surface area contributed by atoms with Crippen molar-refractivity contribution < 1.29 is 19.6 Å². The maximum absolute atomic E-state index is 12.0. The number of aromatic amines is 1. The van der Waals surface area contributed by atoms with E-state index in [0.29, 0.717) is 0 Å². The number of rotatable bonds is 5. The second-order valence-electron chi connectivity index (χ2n) is 5.20. The van der Waals surface area contributed by atoms with E-state index in [4.69, 9.17) is 0 Å². The van der Waals surface area contributed by atoms with Crippen LogP contribution in [0.25, 0.3) is 0 Å². The van der Waals surface area contributed by atoms with Crippen LogP contribution in [0.1, 0.15) is 42.6 Å². The number of amides is 1. The van der Waals surface area contributed by atoms with E-state index in [9.17, 15) is 24.8 Å². The summed E-state index contributed by atoms with van der Waals surface area (Å²) in [6.07, 6.45) is 4.53. The van der Waals surface area contributed by atoms with E-state index in [1.807, 2.05) is 0 Å².